The molecule has 3 N–H and O–H groups in total. The Hall–Kier alpha value is -1.62. The standard InChI is InChI=1S/C16H24N2O3/c1-10(2)13-7-12(16(20)21)8-15(18-13)17-9-11-5-3-4-6-14(11)19/h7-8,10-11,14,19H,3-6,9H2,1-2H3,(H,17,18)(H,20,21). The van der Waals surface area contributed by atoms with E-state index in [2.05, 4.69) is 10.3 Å². The van der Waals surface area contributed by atoms with E-state index in [1.165, 1.54) is 0 Å². The summed E-state index contributed by atoms with van der Waals surface area (Å²) in [6.07, 6.45) is 3.82. The zero-order valence-corrected chi connectivity index (χ0v) is 12.7. The molecule has 116 valence electrons. The Bertz CT molecular complexity index is 502. The average molecular weight is 292 g/mol. The van der Waals surface area contributed by atoms with Crippen LogP contribution in [0.5, 0.6) is 0 Å². The second-order valence-corrected chi connectivity index (χ2v) is 6.12. The lowest BCUT2D eigenvalue weighted by atomic mass is 9.86. The molecule has 0 spiro atoms. The molecular weight excluding hydrogens is 268 g/mol. The highest BCUT2D eigenvalue weighted by atomic mass is 16.4. The van der Waals surface area contributed by atoms with Gasteiger partial charge in [0.2, 0.25) is 0 Å². The second kappa shape index (κ2) is 6.89. The highest BCUT2D eigenvalue weighted by molar-refractivity contribution is 5.88. The van der Waals surface area contributed by atoms with Crippen LogP contribution >= 0.6 is 0 Å². The van der Waals surface area contributed by atoms with Gasteiger partial charge in [-0.05, 0) is 30.9 Å². The average Bonchev–Trinajstić information content (AvgIpc) is 2.46. The molecular formula is C16H24N2O3. The van der Waals surface area contributed by atoms with Crippen LogP contribution in [0.4, 0.5) is 5.82 Å². The van der Waals surface area contributed by atoms with E-state index in [0.717, 1.165) is 31.4 Å². The van der Waals surface area contributed by atoms with Gasteiger partial charge in [-0.1, -0.05) is 26.7 Å². The van der Waals surface area contributed by atoms with E-state index in [-0.39, 0.29) is 23.5 Å². The number of nitrogens with zero attached hydrogens (tertiary/aromatic N) is 1. The first kappa shape index (κ1) is 15.8. The monoisotopic (exact) mass is 292 g/mol. The van der Waals surface area contributed by atoms with Crippen LogP contribution in [-0.4, -0.2) is 33.8 Å². The van der Waals surface area contributed by atoms with Gasteiger partial charge in [-0.3, -0.25) is 0 Å². The summed E-state index contributed by atoms with van der Waals surface area (Å²) < 4.78 is 0. The number of rotatable bonds is 5. The van der Waals surface area contributed by atoms with Crippen molar-refractivity contribution in [1.82, 2.24) is 4.98 Å². The van der Waals surface area contributed by atoms with E-state index in [4.69, 9.17) is 0 Å². The van der Waals surface area contributed by atoms with Gasteiger partial charge in [0.25, 0.3) is 0 Å². The number of hydrogen-bond donors (Lipinski definition) is 3. The molecule has 1 aromatic heterocycles. The molecule has 5 heteroatoms. The highest BCUT2D eigenvalue weighted by Gasteiger charge is 2.23. The van der Waals surface area contributed by atoms with E-state index in [9.17, 15) is 15.0 Å². The van der Waals surface area contributed by atoms with Crippen LogP contribution in [0.1, 0.15) is 61.5 Å². The Kier molecular flexibility index (Phi) is 5.17. The van der Waals surface area contributed by atoms with E-state index < -0.39 is 5.97 Å². The van der Waals surface area contributed by atoms with Gasteiger partial charge in [0.1, 0.15) is 5.82 Å². The predicted molar refractivity (Wildman–Crippen MR) is 81.7 cm³/mol. The normalized spacial score (nSPS) is 22.3. The first-order valence-corrected chi connectivity index (χ1v) is 7.64. The van der Waals surface area contributed by atoms with Gasteiger partial charge in [0, 0.05) is 18.2 Å². The molecule has 0 amide bonds. The number of aliphatic hydroxyl groups is 1. The van der Waals surface area contributed by atoms with Crippen molar-refractivity contribution >= 4 is 11.8 Å². The predicted octanol–water partition coefficient (Wildman–Crippen LogP) is 2.87. The molecule has 1 aliphatic carbocycles. The van der Waals surface area contributed by atoms with Gasteiger partial charge in [0.05, 0.1) is 11.7 Å². The third-order valence-electron chi connectivity index (χ3n) is 4.10. The highest BCUT2D eigenvalue weighted by Crippen LogP contribution is 2.25. The van der Waals surface area contributed by atoms with E-state index >= 15 is 0 Å². The summed E-state index contributed by atoms with van der Waals surface area (Å²) in [5.74, 6) is 0.0260. The SMILES string of the molecule is CC(C)c1cc(C(=O)O)cc(NCC2CCCCC2O)n1. The molecule has 1 aromatic rings. The van der Waals surface area contributed by atoms with Crippen LogP contribution in [0, 0.1) is 5.92 Å². The molecule has 1 heterocycles. The number of nitrogens with one attached hydrogen (secondary N) is 1. The fourth-order valence-corrected chi connectivity index (χ4v) is 2.72. The quantitative estimate of drug-likeness (QED) is 0.777. The number of hydrogen-bond acceptors (Lipinski definition) is 4. The van der Waals surface area contributed by atoms with Crippen LogP contribution in [0.3, 0.4) is 0 Å². The van der Waals surface area contributed by atoms with Gasteiger partial charge < -0.3 is 15.5 Å². The smallest absolute Gasteiger partial charge is 0.335 e. The molecule has 0 aromatic carbocycles. The number of aromatic nitrogens is 1. The summed E-state index contributed by atoms with van der Waals surface area (Å²) in [5, 5.41) is 22.4. The lowest BCUT2D eigenvalue weighted by Gasteiger charge is -2.27. The molecule has 2 atom stereocenters. The number of aromatic carboxylic acids is 1. The van der Waals surface area contributed by atoms with Crippen molar-refractivity contribution < 1.29 is 15.0 Å². The number of pyridine rings is 1. The van der Waals surface area contributed by atoms with Gasteiger partial charge >= 0.3 is 5.97 Å². The van der Waals surface area contributed by atoms with Crippen molar-refractivity contribution in [2.45, 2.75) is 51.6 Å². The summed E-state index contributed by atoms with van der Waals surface area (Å²) in [6, 6.07) is 3.18. The Labute approximate surface area is 125 Å². The molecule has 2 rings (SSSR count). The summed E-state index contributed by atoms with van der Waals surface area (Å²) in [4.78, 5) is 15.7. The van der Waals surface area contributed by atoms with Crippen LogP contribution < -0.4 is 5.32 Å². The molecule has 21 heavy (non-hydrogen) atoms. The number of carboxylic acid groups (broad SMARTS) is 1. The maximum absolute atomic E-state index is 11.2. The summed E-state index contributed by atoms with van der Waals surface area (Å²) in [6.45, 7) is 4.61. The van der Waals surface area contributed by atoms with Crippen molar-refractivity contribution in [3.05, 3.63) is 23.4 Å². The minimum atomic E-state index is -0.944. The molecule has 2 unspecified atom stereocenters. The molecule has 0 radical (unpaired) electrons. The van der Waals surface area contributed by atoms with Crippen molar-refractivity contribution in [3.63, 3.8) is 0 Å². The van der Waals surface area contributed by atoms with E-state index in [0.29, 0.717) is 12.4 Å². The van der Waals surface area contributed by atoms with Gasteiger partial charge in [-0.25, -0.2) is 9.78 Å². The molecule has 1 saturated carbocycles. The number of aliphatic hydroxyl groups excluding tert-OH is 1. The van der Waals surface area contributed by atoms with E-state index in [1.807, 2.05) is 13.8 Å². The molecule has 1 fully saturated rings. The van der Waals surface area contributed by atoms with Crippen LogP contribution in [0.15, 0.2) is 12.1 Å². The van der Waals surface area contributed by atoms with E-state index in [1.54, 1.807) is 12.1 Å². The fourth-order valence-electron chi connectivity index (χ4n) is 2.72. The van der Waals surface area contributed by atoms with Gasteiger partial charge in [-0.2, -0.15) is 0 Å². The number of anilines is 1. The topological polar surface area (TPSA) is 82.5 Å². The lowest BCUT2D eigenvalue weighted by molar-refractivity contribution is 0.0696. The third-order valence-corrected chi connectivity index (χ3v) is 4.10. The van der Waals surface area contributed by atoms with Crippen LogP contribution in [0.2, 0.25) is 0 Å². The molecule has 0 aliphatic heterocycles. The minimum Gasteiger partial charge on any atom is -0.478 e. The minimum absolute atomic E-state index is 0.171. The maximum Gasteiger partial charge on any atom is 0.335 e. The first-order chi connectivity index (χ1) is 9.97. The Morgan fingerprint density at radius 3 is 2.71 bits per heavy atom. The Morgan fingerprint density at radius 1 is 1.38 bits per heavy atom. The second-order valence-electron chi connectivity index (χ2n) is 6.12. The molecule has 5 nitrogen and oxygen atoms in total. The first-order valence-electron chi connectivity index (χ1n) is 7.64. The van der Waals surface area contributed by atoms with Crippen LogP contribution in [0.25, 0.3) is 0 Å². The summed E-state index contributed by atoms with van der Waals surface area (Å²) in [5.41, 5.74) is 1.02. The largest absolute Gasteiger partial charge is 0.478 e. The zero-order valence-electron chi connectivity index (χ0n) is 12.7. The molecule has 0 bridgehead atoms. The summed E-state index contributed by atoms with van der Waals surface area (Å²) in [7, 11) is 0. The van der Waals surface area contributed by atoms with Gasteiger partial charge in [0.15, 0.2) is 0 Å². The van der Waals surface area contributed by atoms with Crippen molar-refractivity contribution in [3.8, 4) is 0 Å². The lowest BCUT2D eigenvalue weighted by Crippen LogP contribution is -2.30. The summed E-state index contributed by atoms with van der Waals surface area (Å²) >= 11 is 0. The molecule has 0 saturated heterocycles. The van der Waals surface area contributed by atoms with Crippen molar-refractivity contribution in [2.24, 2.45) is 5.92 Å². The van der Waals surface area contributed by atoms with Crippen LogP contribution in [-0.2, 0) is 0 Å². The third kappa shape index (κ3) is 4.17. The van der Waals surface area contributed by atoms with Gasteiger partial charge in [-0.15, -0.1) is 0 Å². The Morgan fingerprint density at radius 2 is 2.10 bits per heavy atom. The zero-order chi connectivity index (χ0) is 15.4. The maximum atomic E-state index is 11.2. The van der Waals surface area contributed by atoms with Crippen molar-refractivity contribution in [2.75, 3.05) is 11.9 Å². The van der Waals surface area contributed by atoms with Crippen molar-refractivity contribution in [1.29, 1.82) is 0 Å². The number of carboxylic acids is 1. The number of carbonyl (C=O) groups is 1. The molecule has 1 aliphatic rings. The Balaban J connectivity index is 2.09. The fraction of sp³-hybridized carbons (Fsp3) is 0.625.